The topological polar surface area (TPSA) is 41.3 Å². The maximum Gasteiger partial charge on any atom is 0.138 e. The summed E-state index contributed by atoms with van der Waals surface area (Å²) in [7, 11) is 2.18. The molecule has 2 rings (SSSR count). The van der Waals surface area contributed by atoms with E-state index in [1.165, 1.54) is 24.9 Å². The first-order valence-corrected chi connectivity index (χ1v) is 6.00. The number of hydrogen-bond donors (Lipinski definition) is 1. The fourth-order valence-corrected chi connectivity index (χ4v) is 2.33. The van der Waals surface area contributed by atoms with Gasteiger partial charge in [0.1, 0.15) is 5.76 Å². The van der Waals surface area contributed by atoms with Crippen molar-refractivity contribution < 1.29 is 4.52 Å². The molecule has 0 spiro atoms. The van der Waals surface area contributed by atoms with Crippen LogP contribution in [0.1, 0.15) is 29.9 Å². The Kier molecular flexibility index (Phi) is 3.61. The van der Waals surface area contributed by atoms with Crippen LogP contribution in [-0.2, 0) is 6.54 Å². The summed E-state index contributed by atoms with van der Waals surface area (Å²) in [5.74, 6) is 0.939. The number of likely N-dealkylation sites (N-methyl/N-ethyl adjacent to an activating group) is 1. The predicted octanol–water partition coefficient (Wildman–Crippen LogP) is 1.48. The van der Waals surface area contributed by atoms with Gasteiger partial charge in [-0.2, -0.15) is 0 Å². The van der Waals surface area contributed by atoms with Crippen molar-refractivity contribution in [2.24, 2.45) is 0 Å². The molecule has 0 aromatic carbocycles. The summed E-state index contributed by atoms with van der Waals surface area (Å²) in [4.78, 5) is 2.38. The second-order valence-electron chi connectivity index (χ2n) is 4.79. The lowest BCUT2D eigenvalue weighted by Crippen LogP contribution is -2.43. The van der Waals surface area contributed by atoms with Gasteiger partial charge in [-0.25, -0.2) is 0 Å². The molecule has 0 saturated carbocycles. The molecular weight excluding hydrogens is 202 g/mol. The van der Waals surface area contributed by atoms with E-state index in [9.17, 15) is 0 Å². The number of aromatic nitrogens is 1. The van der Waals surface area contributed by atoms with Crippen molar-refractivity contribution in [2.75, 3.05) is 20.1 Å². The molecule has 0 radical (unpaired) electrons. The van der Waals surface area contributed by atoms with Crippen LogP contribution < -0.4 is 5.32 Å². The van der Waals surface area contributed by atoms with Crippen molar-refractivity contribution in [2.45, 2.75) is 39.3 Å². The van der Waals surface area contributed by atoms with Gasteiger partial charge in [0.25, 0.3) is 0 Å². The summed E-state index contributed by atoms with van der Waals surface area (Å²) in [5.41, 5.74) is 2.22. The molecule has 1 aromatic heterocycles. The molecule has 1 fully saturated rings. The quantitative estimate of drug-likeness (QED) is 0.842. The Morgan fingerprint density at radius 3 is 2.94 bits per heavy atom. The van der Waals surface area contributed by atoms with E-state index in [-0.39, 0.29) is 0 Å². The summed E-state index contributed by atoms with van der Waals surface area (Å²) in [5, 5.41) is 7.56. The van der Waals surface area contributed by atoms with Crippen molar-refractivity contribution in [1.29, 1.82) is 0 Å². The standard InChI is InChI=1S/C12H21N3O/c1-9-12(10(2)16-14-9)7-13-11-5-4-6-15(3)8-11/h11,13H,4-8H2,1-3H3. The zero-order chi connectivity index (χ0) is 11.5. The maximum absolute atomic E-state index is 5.16. The minimum atomic E-state index is 0.604. The molecule has 0 bridgehead atoms. The summed E-state index contributed by atoms with van der Waals surface area (Å²) in [6.07, 6.45) is 2.56. The molecule has 16 heavy (non-hydrogen) atoms. The second kappa shape index (κ2) is 4.97. The third kappa shape index (κ3) is 2.62. The second-order valence-corrected chi connectivity index (χ2v) is 4.79. The van der Waals surface area contributed by atoms with Crippen LogP contribution in [0.25, 0.3) is 0 Å². The molecule has 1 atom stereocenters. The molecular formula is C12H21N3O. The van der Waals surface area contributed by atoms with Gasteiger partial charge in [-0.05, 0) is 40.3 Å². The molecule has 2 heterocycles. The first-order chi connectivity index (χ1) is 7.66. The molecule has 90 valence electrons. The normalized spacial score (nSPS) is 22.6. The maximum atomic E-state index is 5.16. The van der Waals surface area contributed by atoms with Crippen molar-refractivity contribution >= 4 is 0 Å². The van der Waals surface area contributed by atoms with Gasteiger partial charge in [0, 0.05) is 24.7 Å². The van der Waals surface area contributed by atoms with E-state index in [1.807, 2.05) is 13.8 Å². The SMILES string of the molecule is Cc1noc(C)c1CNC1CCCN(C)C1. The van der Waals surface area contributed by atoms with E-state index in [0.29, 0.717) is 6.04 Å². The zero-order valence-electron chi connectivity index (χ0n) is 10.4. The molecule has 4 nitrogen and oxygen atoms in total. The van der Waals surface area contributed by atoms with E-state index in [0.717, 1.165) is 24.5 Å². The van der Waals surface area contributed by atoms with Crippen molar-refractivity contribution in [3.63, 3.8) is 0 Å². The van der Waals surface area contributed by atoms with Gasteiger partial charge in [0.2, 0.25) is 0 Å². The van der Waals surface area contributed by atoms with Crippen molar-refractivity contribution in [1.82, 2.24) is 15.4 Å². The van der Waals surface area contributed by atoms with E-state index < -0.39 is 0 Å². The molecule has 1 unspecified atom stereocenters. The fraction of sp³-hybridized carbons (Fsp3) is 0.750. The number of rotatable bonds is 3. The Labute approximate surface area is 97.0 Å². The van der Waals surface area contributed by atoms with Gasteiger partial charge >= 0.3 is 0 Å². The number of nitrogens with zero attached hydrogens (tertiary/aromatic N) is 2. The minimum Gasteiger partial charge on any atom is -0.361 e. The van der Waals surface area contributed by atoms with E-state index in [2.05, 4.69) is 22.4 Å². The van der Waals surface area contributed by atoms with Crippen LogP contribution in [0.5, 0.6) is 0 Å². The zero-order valence-corrected chi connectivity index (χ0v) is 10.4. The lowest BCUT2D eigenvalue weighted by atomic mass is 10.1. The molecule has 1 saturated heterocycles. The van der Waals surface area contributed by atoms with Crippen molar-refractivity contribution in [3.05, 3.63) is 17.0 Å². The highest BCUT2D eigenvalue weighted by atomic mass is 16.5. The Bertz CT molecular complexity index is 329. The summed E-state index contributed by atoms with van der Waals surface area (Å²) < 4.78 is 5.16. The summed E-state index contributed by atoms with van der Waals surface area (Å²) in [6.45, 7) is 7.22. The fourth-order valence-electron chi connectivity index (χ4n) is 2.33. The number of likely N-dealkylation sites (tertiary alicyclic amines) is 1. The number of aryl methyl sites for hydroxylation is 2. The Morgan fingerprint density at radius 2 is 2.31 bits per heavy atom. The highest BCUT2D eigenvalue weighted by Gasteiger charge is 2.17. The van der Waals surface area contributed by atoms with Crippen LogP contribution in [0.3, 0.4) is 0 Å². The Balaban J connectivity index is 1.87. The first-order valence-electron chi connectivity index (χ1n) is 6.00. The van der Waals surface area contributed by atoms with E-state index in [1.54, 1.807) is 0 Å². The molecule has 0 amide bonds. The number of piperidine rings is 1. The average Bonchev–Trinajstić information content (AvgIpc) is 2.56. The largest absolute Gasteiger partial charge is 0.361 e. The smallest absolute Gasteiger partial charge is 0.138 e. The van der Waals surface area contributed by atoms with E-state index >= 15 is 0 Å². The Hall–Kier alpha value is -0.870. The van der Waals surface area contributed by atoms with Gasteiger partial charge in [-0.1, -0.05) is 5.16 Å². The number of hydrogen-bond acceptors (Lipinski definition) is 4. The molecule has 1 aromatic rings. The molecule has 0 aliphatic carbocycles. The van der Waals surface area contributed by atoms with Crippen LogP contribution in [0.2, 0.25) is 0 Å². The van der Waals surface area contributed by atoms with Crippen LogP contribution >= 0.6 is 0 Å². The predicted molar refractivity (Wildman–Crippen MR) is 63.3 cm³/mol. The highest BCUT2D eigenvalue weighted by molar-refractivity contribution is 5.20. The number of nitrogens with one attached hydrogen (secondary N) is 1. The first kappa shape index (κ1) is 11.6. The van der Waals surface area contributed by atoms with Crippen LogP contribution in [0.4, 0.5) is 0 Å². The van der Waals surface area contributed by atoms with Gasteiger partial charge in [-0.15, -0.1) is 0 Å². The Morgan fingerprint density at radius 1 is 1.50 bits per heavy atom. The summed E-state index contributed by atoms with van der Waals surface area (Å²) >= 11 is 0. The van der Waals surface area contributed by atoms with Gasteiger partial charge < -0.3 is 14.7 Å². The van der Waals surface area contributed by atoms with Crippen LogP contribution in [0.15, 0.2) is 4.52 Å². The lowest BCUT2D eigenvalue weighted by molar-refractivity contribution is 0.226. The molecule has 1 aliphatic rings. The minimum absolute atomic E-state index is 0.604. The monoisotopic (exact) mass is 223 g/mol. The average molecular weight is 223 g/mol. The van der Waals surface area contributed by atoms with Crippen LogP contribution in [-0.4, -0.2) is 36.2 Å². The highest BCUT2D eigenvalue weighted by Crippen LogP contribution is 2.13. The lowest BCUT2D eigenvalue weighted by Gasteiger charge is -2.30. The van der Waals surface area contributed by atoms with Gasteiger partial charge in [0.05, 0.1) is 5.69 Å². The molecule has 1 aliphatic heterocycles. The van der Waals surface area contributed by atoms with Crippen molar-refractivity contribution in [3.8, 4) is 0 Å². The van der Waals surface area contributed by atoms with Gasteiger partial charge in [-0.3, -0.25) is 0 Å². The summed E-state index contributed by atoms with van der Waals surface area (Å²) in [6, 6.07) is 0.604. The molecule has 4 heteroatoms. The van der Waals surface area contributed by atoms with Crippen LogP contribution in [0, 0.1) is 13.8 Å². The van der Waals surface area contributed by atoms with E-state index in [4.69, 9.17) is 4.52 Å². The third-order valence-corrected chi connectivity index (χ3v) is 3.37. The van der Waals surface area contributed by atoms with Gasteiger partial charge in [0.15, 0.2) is 0 Å². The molecule has 1 N–H and O–H groups in total. The third-order valence-electron chi connectivity index (χ3n) is 3.37.